The number of nitrogens with zero attached hydrogens (tertiary/aromatic N) is 4. The maximum Gasteiger partial charge on any atom is 0.342 e. The maximum absolute atomic E-state index is 13.8. The first-order valence-corrected chi connectivity index (χ1v) is 11.1. The molecule has 0 bridgehead atoms. The minimum absolute atomic E-state index is 0.0843. The fourth-order valence-corrected chi connectivity index (χ4v) is 3.78. The molecule has 36 heavy (non-hydrogen) atoms. The van der Waals surface area contributed by atoms with Gasteiger partial charge in [-0.3, -0.25) is 4.79 Å². The lowest BCUT2D eigenvalue weighted by molar-refractivity contribution is -0.140. The number of hydrogen-bond donors (Lipinski definition) is 2. The van der Waals surface area contributed by atoms with Gasteiger partial charge in [0, 0.05) is 37.0 Å². The van der Waals surface area contributed by atoms with E-state index in [9.17, 15) is 19.1 Å². The Labute approximate surface area is 205 Å². The third-order valence-corrected chi connectivity index (χ3v) is 5.85. The Hall–Kier alpha value is -4.27. The molecule has 0 saturated carbocycles. The summed E-state index contributed by atoms with van der Waals surface area (Å²) in [7, 11) is 1.58. The Kier molecular flexibility index (Phi) is 6.13. The number of halogens is 1. The largest absolute Gasteiger partial charge is 0.489 e. The number of nitrogens with one attached hydrogen (secondary N) is 1. The molecule has 1 aromatic carbocycles. The topological polar surface area (TPSA) is 119 Å². The van der Waals surface area contributed by atoms with E-state index in [4.69, 9.17) is 9.47 Å². The van der Waals surface area contributed by atoms with Crippen molar-refractivity contribution in [2.45, 2.75) is 18.1 Å². The number of pyridine rings is 1. The van der Waals surface area contributed by atoms with Crippen molar-refractivity contribution in [2.24, 2.45) is 0 Å². The van der Waals surface area contributed by atoms with Crippen LogP contribution in [0.4, 0.5) is 14.9 Å². The number of benzene rings is 1. The van der Waals surface area contributed by atoms with Gasteiger partial charge in [-0.2, -0.15) is 14.2 Å². The van der Waals surface area contributed by atoms with Gasteiger partial charge in [-0.1, -0.05) is 17.9 Å². The molecule has 10 nitrogen and oxygen atoms in total. The first-order valence-electron chi connectivity index (χ1n) is 11.1. The zero-order chi connectivity index (χ0) is 25.3. The molecular weight excluding hydrogens is 469 g/mol. The molecule has 184 valence electrons. The average Bonchev–Trinajstić information content (AvgIpc) is 3.29. The second-order valence-corrected chi connectivity index (χ2v) is 8.59. The number of fused-ring (bicyclic) bond motifs is 1. The predicted octanol–water partition coefficient (Wildman–Crippen LogP) is 1.10. The van der Waals surface area contributed by atoms with Crippen LogP contribution in [0, 0.1) is 17.8 Å². The van der Waals surface area contributed by atoms with Gasteiger partial charge in [0.05, 0.1) is 25.1 Å². The van der Waals surface area contributed by atoms with E-state index < -0.39 is 23.6 Å². The van der Waals surface area contributed by atoms with Crippen molar-refractivity contribution in [3.05, 3.63) is 71.6 Å². The molecule has 0 radical (unpaired) electrons. The van der Waals surface area contributed by atoms with Crippen LogP contribution in [0.25, 0.3) is 0 Å². The van der Waals surface area contributed by atoms with E-state index in [0.717, 1.165) is 4.68 Å². The molecule has 2 N–H and O–H groups in total. The molecule has 4 heterocycles. The van der Waals surface area contributed by atoms with Crippen LogP contribution in [0.5, 0.6) is 5.75 Å². The van der Waals surface area contributed by atoms with Crippen LogP contribution in [0.15, 0.2) is 48.9 Å². The van der Waals surface area contributed by atoms with Gasteiger partial charge >= 0.3 is 6.03 Å². The molecule has 1 atom stereocenters. The van der Waals surface area contributed by atoms with Crippen molar-refractivity contribution in [3.8, 4) is 17.6 Å². The zero-order valence-corrected chi connectivity index (χ0v) is 19.3. The van der Waals surface area contributed by atoms with E-state index in [1.165, 1.54) is 23.5 Å². The summed E-state index contributed by atoms with van der Waals surface area (Å²) in [5.74, 6) is 5.17. The molecule has 2 aromatic heterocycles. The number of amides is 2. The van der Waals surface area contributed by atoms with E-state index in [2.05, 4.69) is 27.2 Å². The lowest BCUT2D eigenvalue weighted by Gasteiger charge is -2.30. The minimum Gasteiger partial charge on any atom is -0.489 e. The molecule has 1 saturated heterocycles. The van der Waals surface area contributed by atoms with Gasteiger partial charge in [0.1, 0.15) is 18.4 Å². The number of carbonyl (C=O) groups is 2. The number of likely N-dealkylation sites (N-methyl/N-ethyl adjacent to an activating group) is 1. The minimum atomic E-state index is -1.15. The quantitative estimate of drug-likeness (QED) is 0.416. The molecule has 2 aliphatic heterocycles. The summed E-state index contributed by atoms with van der Waals surface area (Å²) in [4.78, 5) is 30.9. The Bertz CT molecular complexity index is 1390. The van der Waals surface area contributed by atoms with Crippen molar-refractivity contribution in [1.82, 2.24) is 20.1 Å². The fourth-order valence-electron chi connectivity index (χ4n) is 3.78. The number of aliphatic hydroxyl groups is 1. The Morgan fingerprint density at radius 3 is 2.94 bits per heavy atom. The Morgan fingerprint density at radius 2 is 2.19 bits per heavy atom. The van der Waals surface area contributed by atoms with Gasteiger partial charge in [0.15, 0.2) is 5.60 Å². The van der Waals surface area contributed by atoms with Crippen LogP contribution in [-0.4, -0.2) is 70.3 Å². The van der Waals surface area contributed by atoms with Crippen molar-refractivity contribution in [1.29, 1.82) is 0 Å². The third kappa shape index (κ3) is 4.77. The van der Waals surface area contributed by atoms with Gasteiger partial charge in [-0.05, 0) is 29.8 Å². The molecule has 11 heteroatoms. The first-order chi connectivity index (χ1) is 17.3. The highest BCUT2D eigenvalue weighted by Crippen LogP contribution is 2.31. The lowest BCUT2D eigenvalue weighted by atomic mass is 10.0. The van der Waals surface area contributed by atoms with Crippen LogP contribution in [-0.2, 0) is 16.0 Å². The summed E-state index contributed by atoms with van der Waals surface area (Å²) >= 11 is 0. The molecule has 2 amide bonds. The van der Waals surface area contributed by atoms with E-state index in [1.54, 1.807) is 37.4 Å². The second kappa shape index (κ2) is 9.41. The number of ether oxygens (including phenoxy) is 2. The normalized spacial score (nSPS) is 18.1. The summed E-state index contributed by atoms with van der Waals surface area (Å²) < 4.78 is 25.7. The van der Waals surface area contributed by atoms with Crippen molar-refractivity contribution >= 4 is 17.6 Å². The second-order valence-electron chi connectivity index (χ2n) is 8.59. The first kappa shape index (κ1) is 23.5. The average molecular weight is 491 g/mol. The van der Waals surface area contributed by atoms with Crippen LogP contribution < -0.4 is 15.0 Å². The highest BCUT2D eigenvalue weighted by Gasteiger charge is 2.34. The molecule has 1 unspecified atom stereocenters. The van der Waals surface area contributed by atoms with Crippen molar-refractivity contribution in [3.63, 3.8) is 0 Å². The number of aromatic nitrogens is 3. The third-order valence-electron chi connectivity index (χ3n) is 5.85. The van der Waals surface area contributed by atoms with Crippen LogP contribution in [0.2, 0.25) is 0 Å². The van der Waals surface area contributed by atoms with E-state index in [-0.39, 0.29) is 32.1 Å². The van der Waals surface area contributed by atoms with E-state index in [1.807, 2.05) is 0 Å². The zero-order valence-electron chi connectivity index (χ0n) is 19.3. The van der Waals surface area contributed by atoms with Gasteiger partial charge < -0.3 is 24.8 Å². The van der Waals surface area contributed by atoms with Crippen LogP contribution >= 0.6 is 0 Å². The van der Waals surface area contributed by atoms with Crippen molar-refractivity contribution in [2.75, 3.05) is 31.8 Å². The van der Waals surface area contributed by atoms with E-state index >= 15 is 0 Å². The standard InChI is InChI=1S/C25H22FN5O5/c1-30-20-10-16(6-7-25(34)14-35-15-25)4-5-21(20)36-13-19(23(30)32)29-24(33)31-12-17(11-28-31)9-18-3-2-8-27-22(18)26/h2-5,8,10-12,19,34H,9,13-15H2,1H3,(H,29,33). The van der Waals surface area contributed by atoms with Crippen molar-refractivity contribution < 1.29 is 28.6 Å². The predicted molar refractivity (Wildman–Crippen MR) is 125 cm³/mol. The summed E-state index contributed by atoms with van der Waals surface area (Å²) in [6, 6.07) is 6.73. The molecule has 0 spiro atoms. The number of hydrogen-bond acceptors (Lipinski definition) is 7. The number of carbonyl (C=O) groups excluding carboxylic acids is 2. The summed E-state index contributed by atoms with van der Waals surface area (Å²) in [6.07, 6.45) is 4.49. The summed E-state index contributed by atoms with van der Waals surface area (Å²) in [6.45, 7) is 0.233. The number of rotatable bonds is 3. The summed E-state index contributed by atoms with van der Waals surface area (Å²) in [5, 5.41) is 16.8. The lowest BCUT2D eigenvalue weighted by Crippen LogP contribution is -2.50. The SMILES string of the molecule is CN1C(=O)C(NC(=O)n2cc(Cc3cccnc3F)cn2)COc2ccc(C#CC3(O)COC3)cc21. The van der Waals surface area contributed by atoms with E-state index in [0.29, 0.717) is 28.1 Å². The van der Waals surface area contributed by atoms with Gasteiger partial charge in [-0.15, -0.1) is 0 Å². The number of anilines is 1. The maximum atomic E-state index is 13.8. The molecule has 2 aliphatic rings. The Balaban J connectivity index is 1.27. The Morgan fingerprint density at radius 1 is 1.36 bits per heavy atom. The molecule has 0 aliphatic carbocycles. The van der Waals surface area contributed by atoms with Gasteiger partial charge in [-0.25, -0.2) is 9.78 Å². The fraction of sp³-hybridized carbons (Fsp3) is 0.280. The highest BCUT2D eigenvalue weighted by atomic mass is 19.1. The van der Waals surface area contributed by atoms with Gasteiger partial charge in [0.25, 0.3) is 5.91 Å². The highest BCUT2D eigenvalue weighted by molar-refractivity contribution is 6.00. The molecule has 1 fully saturated rings. The molecule has 5 rings (SSSR count). The summed E-state index contributed by atoms with van der Waals surface area (Å²) in [5.41, 5.74) is 0.910. The van der Waals surface area contributed by atoms with Gasteiger partial charge in [0.2, 0.25) is 5.95 Å². The monoisotopic (exact) mass is 491 g/mol. The van der Waals surface area contributed by atoms with Crippen LogP contribution in [0.1, 0.15) is 16.7 Å². The van der Waals surface area contributed by atoms with Crippen LogP contribution in [0.3, 0.4) is 0 Å². The smallest absolute Gasteiger partial charge is 0.342 e. The molecule has 3 aromatic rings. The molecular formula is C25H22FN5O5.